The molecule has 0 amide bonds. The molecule has 1 aliphatic rings. The van der Waals surface area contributed by atoms with Crippen LogP contribution in [0.5, 0.6) is 0 Å². The van der Waals surface area contributed by atoms with Crippen LogP contribution in [0.15, 0.2) is 24.3 Å². The van der Waals surface area contributed by atoms with Gasteiger partial charge in [-0.2, -0.15) is 0 Å². The van der Waals surface area contributed by atoms with Crippen LogP contribution in [0.4, 0.5) is 0 Å². The largest absolute Gasteiger partial charge is 0.465 e. The monoisotopic (exact) mass is 355 g/mol. The summed E-state index contributed by atoms with van der Waals surface area (Å²) in [6.45, 7) is 6.55. The minimum atomic E-state index is -0.294. The van der Waals surface area contributed by atoms with Gasteiger partial charge in [-0.3, -0.25) is 0 Å². The van der Waals surface area contributed by atoms with E-state index in [9.17, 15) is 4.79 Å². The Hall–Kier alpha value is -2.17. The van der Waals surface area contributed by atoms with Crippen molar-refractivity contribution in [1.82, 2.24) is 15.0 Å². The lowest BCUT2D eigenvalue weighted by Crippen LogP contribution is -2.26. The smallest absolute Gasteiger partial charge is 0.337 e. The first-order valence-electron chi connectivity index (χ1n) is 9.52. The van der Waals surface area contributed by atoms with Gasteiger partial charge in [0, 0.05) is 5.92 Å². The lowest BCUT2D eigenvalue weighted by atomic mass is 9.86. The first-order chi connectivity index (χ1) is 12.4. The molecule has 1 aliphatic carbocycles. The molecule has 0 spiro atoms. The Morgan fingerprint density at radius 2 is 1.92 bits per heavy atom. The van der Waals surface area contributed by atoms with Gasteiger partial charge in [0.1, 0.15) is 0 Å². The molecule has 5 nitrogen and oxygen atoms in total. The van der Waals surface area contributed by atoms with Crippen LogP contribution in [0.3, 0.4) is 0 Å². The number of carbonyl (C=O) groups excluding carboxylic acids is 1. The highest BCUT2D eigenvalue weighted by molar-refractivity contribution is 5.89. The van der Waals surface area contributed by atoms with E-state index >= 15 is 0 Å². The van der Waals surface area contributed by atoms with Gasteiger partial charge in [0.05, 0.1) is 29.6 Å². The Labute approximate surface area is 155 Å². The molecule has 5 heteroatoms. The van der Waals surface area contributed by atoms with E-state index in [0.717, 1.165) is 25.0 Å². The summed E-state index contributed by atoms with van der Waals surface area (Å²) in [7, 11) is 1.41. The average molecular weight is 355 g/mol. The van der Waals surface area contributed by atoms with E-state index in [0.29, 0.717) is 11.5 Å². The second-order valence-corrected chi connectivity index (χ2v) is 8.19. The number of fused-ring (bicyclic) bond motifs is 1. The molecule has 0 saturated heterocycles. The molecule has 1 unspecified atom stereocenters. The van der Waals surface area contributed by atoms with Crippen LogP contribution < -0.4 is 0 Å². The summed E-state index contributed by atoms with van der Waals surface area (Å²) in [6.07, 6.45) is 6.81. The number of carbonyl (C=O) groups is 1. The number of hydrogen-bond acceptors (Lipinski definition) is 4. The van der Waals surface area contributed by atoms with Crippen LogP contribution >= 0.6 is 0 Å². The molecule has 1 aromatic carbocycles. The van der Waals surface area contributed by atoms with Crippen LogP contribution in [0.2, 0.25) is 0 Å². The fraction of sp³-hybridized carbons (Fsp3) is 0.571. The van der Waals surface area contributed by atoms with Crippen molar-refractivity contribution < 1.29 is 9.53 Å². The molecule has 26 heavy (non-hydrogen) atoms. The highest BCUT2D eigenvalue weighted by Gasteiger charge is 2.27. The van der Waals surface area contributed by atoms with E-state index in [-0.39, 0.29) is 11.5 Å². The minimum absolute atomic E-state index is 0.0491. The Balaban J connectivity index is 1.86. The van der Waals surface area contributed by atoms with Crippen molar-refractivity contribution in [3.05, 3.63) is 46.8 Å². The Morgan fingerprint density at radius 1 is 1.19 bits per heavy atom. The summed E-state index contributed by atoms with van der Waals surface area (Å²) in [6, 6.07) is 7.74. The Bertz CT molecular complexity index is 757. The van der Waals surface area contributed by atoms with Gasteiger partial charge in [-0.1, -0.05) is 30.2 Å². The zero-order chi connectivity index (χ0) is 18.7. The minimum Gasteiger partial charge on any atom is -0.465 e. The molecule has 1 atom stereocenters. The van der Waals surface area contributed by atoms with Crippen molar-refractivity contribution >= 4 is 5.97 Å². The first-order valence-corrected chi connectivity index (χ1v) is 9.52. The summed E-state index contributed by atoms with van der Waals surface area (Å²) in [5.41, 5.74) is 4.23. The standard InChI is InChI=1S/C21H29N3O2/c1-21(2,3)24-18-9-7-5-6-8-17(19(18)22-23-24)14-15-10-12-16(13-11-15)20(25)26-4/h10-13,17H,5-9,14H2,1-4H3. The van der Waals surface area contributed by atoms with Crippen LogP contribution in [0.1, 0.15) is 79.7 Å². The molecule has 0 bridgehead atoms. The highest BCUT2D eigenvalue weighted by atomic mass is 16.5. The predicted molar refractivity (Wildman–Crippen MR) is 101 cm³/mol. The third-order valence-corrected chi connectivity index (χ3v) is 5.14. The number of hydrogen-bond donors (Lipinski definition) is 0. The quantitative estimate of drug-likeness (QED) is 0.772. The first kappa shape index (κ1) is 18.6. The van der Waals surface area contributed by atoms with Crippen molar-refractivity contribution in [2.45, 2.75) is 70.8 Å². The van der Waals surface area contributed by atoms with Crippen molar-refractivity contribution in [3.63, 3.8) is 0 Å². The zero-order valence-corrected chi connectivity index (χ0v) is 16.3. The fourth-order valence-corrected chi connectivity index (χ4v) is 3.78. The number of rotatable bonds is 3. The lowest BCUT2D eigenvalue weighted by molar-refractivity contribution is 0.0600. The molecule has 0 fully saturated rings. The lowest BCUT2D eigenvalue weighted by Gasteiger charge is -2.24. The van der Waals surface area contributed by atoms with Crippen molar-refractivity contribution in [3.8, 4) is 0 Å². The van der Waals surface area contributed by atoms with Crippen LogP contribution in [-0.4, -0.2) is 28.1 Å². The van der Waals surface area contributed by atoms with E-state index in [1.165, 1.54) is 37.6 Å². The number of methoxy groups -OCH3 is 1. The number of nitrogens with zero attached hydrogens (tertiary/aromatic N) is 3. The summed E-state index contributed by atoms with van der Waals surface area (Å²) in [5, 5.41) is 9.10. The SMILES string of the molecule is COC(=O)c1ccc(CC2CCCCCc3c2nnn3C(C)(C)C)cc1. The topological polar surface area (TPSA) is 57.0 Å². The van der Waals surface area contributed by atoms with Gasteiger partial charge in [0.25, 0.3) is 0 Å². The molecule has 1 heterocycles. The maximum absolute atomic E-state index is 11.6. The number of esters is 1. The number of benzene rings is 1. The van der Waals surface area contributed by atoms with Crippen LogP contribution in [0.25, 0.3) is 0 Å². The maximum Gasteiger partial charge on any atom is 0.337 e. The molecule has 0 radical (unpaired) electrons. The van der Waals surface area contributed by atoms with Gasteiger partial charge in [-0.25, -0.2) is 9.48 Å². The van der Waals surface area contributed by atoms with E-state index in [1.807, 2.05) is 24.3 Å². The molecular formula is C21H29N3O2. The second-order valence-electron chi connectivity index (χ2n) is 8.19. The third-order valence-electron chi connectivity index (χ3n) is 5.14. The highest BCUT2D eigenvalue weighted by Crippen LogP contribution is 2.32. The van der Waals surface area contributed by atoms with Gasteiger partial charge in [-0.05, 0) is 64.2 Å². The van der Waals surface area contributed by atoms with E-state index in [1.54, 1.807) is 0 Å². The van der Waals surface area contributed by atoms with Crippen molar-refractivity contribution in [1.29, 1.82) is 0 Å². The van der Waals surface area contributed by atoms with Gasteiger partial charge >= 0.3 is 5.97 Å². The number of ether oxygens (including phenoxy) is 1. The normalized spacial score (nSPS) is 17.9. The molecule has 140 valence electrons. The molecule has 0 N–H and O–H groups in total. The zero-order valence-electron chi connectivity index (χ0n) is 16.3. The van der Waals surface area contributed by atoms with E-state index in [2.05, 4.69) is 35.8 Å². The Morgan fingerprint density at radius 3 is 2.58 bits per heavy atom. The molecule has 0 saturated carbocycles. The Kier molecular flexibility index (Phi) is 5.44. The number of aromatic nitrogens is 3. The van der Waals surface area contributed by atoms with Gasteiger partial charge in [-0.15, -0.1) is 5.10 Å². The molecular weight excluding hydrogens is 326 g/mol. The average Bonchev–Trinajstić information content (AvgIpc) is 3.01. The molecule has 0 aliphatic heterocycles. The van der Waals surface area contributed by atoms with Gasteiger partial charge in [0.15, 0.2) is 0 Å². The van der Waals surface area contributed by atoms with Gasteiger partial charge < -0.3 is 4.74 Å². The van der Waals surface area contributed by atoms with Gasteiger partial charge in [0.2, 0.25) is 0 Å². The van der Waals surface area contributed by atoms with E-state index < -0.39 is 0 Å². The fourth-order valence-electron chi connectivity index (χ4n) is 3.78. The second kappa shape index (κ2) is 7.60. The van der Waals surface area contributed by atoms with Crippen LogP contribution in [0, 0.1) is 0 Å². The van der Waals surface area contributed by atoms with Crippen molar-refractivity contribution in [2.24, 2.45) is 0 Å². The summed E-state index contributed by atoms with van der Waals surface area (Å²) in [4.78, 5) is 11.6. The summed E-state index contributed by atoms with van der Waals surface area (Å²) < 4.78 is 6.89. The molecule has 3 rings (SSSR count). The van der Waals surface area contributed by atoms with Crippen LogP contribution in [-0.2, 0) is 23.1 Å². The maximum atomic E-state index is 11.6. The molecule has 1 aromatic heterocycles. The van der Waals surface area contributed by atoms with E-state index in [4.69, 9.17) is 4.74 Å². The summed E-state index contributed by atoms with van der Waals surface area (Å²) in [5.74, 6) is 0.0864. The van der Waals surface area contributed by atoms with Crippen molar-refractivity contribution in [2.75, 3.05) is 7.11 Å². The third kappa shape index (κ3) is 3.97. The summed E-state index contributed by atoms with van der Waals surface area (Å²) >= 11 is 0. The predicted octanol–water partition coefficient (Wildman–Crippen LogP) is 4.26. The molecule has 2 aromatic rings.